The van der Waals surface area contributed by atoms with E-state index in [9.17, 15) is 39.3 Å². The van der Waals surface area contributed by atoms with Crippen LogP contribution in [-0.2, 0) is 30.4 Å². The smallest absolute Gasteiger partial charge is 0.325 e. The van der Waals surface area contributed by atoms with Gasteiger partial charge < -0.3 is 42.3 Å². The van der Waals surface area contributed by atoms with E-state index in [1.165, 1.54) is 19.1 Å². The third kappa shape index (κ3) is 12.0. The first-order chi connectivity index (χ1) is 18.6. The van der Waals surface area contributed by atoms with E-state index >= 15 is 0 Å². The molecular formula is C27H43N5O8. The van der Waals surface area contributed by atoms with Crippen molar-refractivity contribution < 1.29 is 39.3 Å². The quantitative estimate of drug-likeness (QED) is 0.128. The fraction of sp³-hybridized carbons (Fsp3) is 0.593. The van der Waals surface area contributed by atoms with E-state index < -0.39 is 66.4 Å². The van der Waals surface area contributed by atoms with Crippen molar-refractivity contribution in [2.45, 2.75) is 84.1 Å². The van der Waals surface area contributed by atoms with E-state index in [4.69, 9.17) is 5.73 Å². The molecule has 0 bridgehead atoms. The lowest BCUT2D eigenvalue weighted by molar-refractivity contribution is -0.141. The highest BCUT2D eigenvalue weighted by molar-refractivity contribution is 5.95. The number of nitrogens with two attached hydrogens (primary N) is 1. The Kier molecular flexibility index (Phi) is 14.1. The third-order valence-corrected chi connectivity index (χ3v) is 5.96. The molecule has 0 spiro atoms. The lowest BCUT2D eigenvalue weighted by Crippen LogP contribution is -2.59. The summed E-state index contributed by atoms with van der Waals surface area (Å²) >= 11 is 0. The average Bonchev–Trinajstić information content (AvgIpc) is 2.86. The Morgan fingerprint density at radius 2 is 1.20 bits per heavy atom. The summed E-state index contributed by atoms with van der Waals surface area (Å²) in [5.41, 5.74) is 6.44. The van der Waals surface area contributed by atoms with E-state index in [-0.39, 0.29) is 30.4 Å². The number of nitrogens with one attached hydrogen (secondary N) is 4. The van der Waals surface area contributed by atoms with Crippen LogP contribution in [0.1, 0.15) is 53.0 Å². The number of hydrogen-bond acceptors (Lipinski definition) is 8. The fourth-order valence-corrected chi connectivity index (χ4v) is 3.79. The van der Waals surface area contributed by atoms with Gasteiger partial charge in [-0.15, -0.1) is 0 Å². The van der Waals surface area contributed by atoms with E-state index in [0.29, 0.717) is 12.0 Å². The van der Waals surface area contributed by atoms with Crippen LogP contribution in [0.5, 0.6) is 5.75 Å². The third-order valence-electron chi connectivity index (χ3n) is 5.96. The zero-order valence-electron chi connectivity index (χ0n) is 23.6. The molecule has 0 aliphatic carbocycles. The van der Waals surface area contributed by atoms with Gasteiger partial charge in [-0.1, -0.05) is 39.8 Å². The van der Waals surface area contributed by atoms with Gasteiger partial charge >= 0.3 is 5.97 Å². The number of aliphatic hydroxyl groups is 1. The van der Waals surface area contributed by atoms with Crippen molar-refractivity contribution >= 4 is 29.6 Å². The van der Waals surface area contributed by atoms with E-state index in [1.807, 2.05) is 27.7 Å². The molecule has 0 fully saturated rings. The van der Waals surface area contributed by atoms with Gasteiger partial charge in [-0.3, -0.25) is 24.0 Å². The van der Waals surface area contributed by atoms with Gasteiger partial charge in [-0.2, -0.15) is 0 Å². The summed E-state index contributed by atoms with van der Waals surface area (Å²) in [4.78, 5) is 62.8. The molecule has 0 heterocycles. The summed E-state index contributed by atoms with van der Waals surface area (Å²) in [6.45, 7) is 7.94. The Morgan fingerprint density at radius 3 is 1.70 bits per heavy atom. The van der Waals surface area contributed by atoms with Gasteiger partial charge in [-0.25, -0.2) is 0 Å². The lowest BCUT2D eigenvalue weighted by Gasteiger charge is -2.26. The maximum Gasteiger partial charge on any atom is 0.325 e. The number of aliphatic hydroxyl groups excluding tert-OH is 1. The van der Waals surface area contributed by atoms with Crippen LogP contribution in [-0.4, -0.2) is 81.7 Å². The van der Waals surface area contributed by atoms with Gasteiger partial charge in [0.05, 0.1) is 12.6 Å². The number of carboxylic acid groups (broad SMARTS) is 1. The van der Waals surface area contributed by atoms with Crippen molar-refractivity contribution in [3.8, 4) is 5.75 Å². The summed E-state index contributed by atoms with van der Waals surface area (Å²) < 4.78 is 0. The molecule has 1 aromatic rings. The van der Waals surface area contributed by atoms with Crippen molar-refractivity contribution in [3.63, 3.8) is 0 Å². The van der Waals surface area contributed by atoms with Crippen molar-refractivity contribution in [3.05, 3.63) is 29.8 Å². The second kappa shape index (κ2) is 16.4. The van der Waals surface area contributed by atoms with Crippen LogP contribution >= 0.6 is 0 Å². The molecule has 5 atom stereocenters. The number of carbonyl (C=O) groups is 5. The SMILES string of the molecule is CC(C)C[C@H](NC(=O)[C@H](CO)NC(=O)[C@@H](N)CC(C)C)C(=O)N[C@@H](Cc1ccc(O)cc1)C(=O)N[C@@H](C)C(=O)O. The molecule has 0 aliphatic heterocycles. The Morgan fingerprint density at radius 1 is 0.725 bits per heavy atom. The molecule has 0 radical (unpaired) electrons. The number of carboxylic acids is 1. The summed E-state index contributed by atoms with van der Waals surface area (Å²) in [5.74, 6) is -4.12. The van der Waals surface area contributed by atoms with Crippen LogP contribution < -0.4 is 27.0 Å². The second-order valence-corrected chi connectivity index (χ2v) is 10.7. The molecule has 0 unspecified atom stereocenters. The number of rotatable bonds is 16. The van der Waals surface area contributed by atoms with Crippen LogP contribution in [0.15, 0.2) is 24.3 Å². The predicted molar refractivity (Wildman–Crippen MR) is 147 cm³/mol. The van der Waals surface area contributed by atoms with Crippen LogP contribution in [0.2, 0.25) is 0 Å². The minimum atomic E-state index is -1.36. The number of hydrogen-bond donors (Lipinski definition) is 8. The zero-order chi connectivity index (χ0) is 30.6. The topological polar surface area (TPSA) is 220 Å². The van der Waals surface area contributed by atoms with Gasteiger partial charge in [0.1, 0.15) is 29.9 Å². The molecule has 0 aliphatic rings. The first-order valence-corrected chi connectivity index (χ1v) is 13.2. The predicted octanol–water partition coefficient (Wildman–Crippen LogP) is -0.610. The Balaban J connectivity index is 3.10. The standard InChI is InChI=1S/C27H43N5O8/c1-14(2)10-19(28)23(35)32-22(13-33)26(38)30-20(11-15(3)4)25(37)31-21(24(36)29-16(5)27(39)40)12-17-6-8-18(34)9-7-17/h6-9,14-16,19-22,33-34H,10-13,28H2,1-5H3,(H,29,36)(H,30,38)(H,31,37)(H,32,35)(H,39,40)/t16-,19-,20-,21-,22-/m0/s1. The van der Waals surface area contributed by atoms with Crippen LogP contribution in [0.4, 0.5) is 0 Å². The molecule has 40 heavy (non-hydrogen) atoms. The van der Waals surface area contributed by atoms with Crippen LogP contribution in [0.25, 0.3) is 0 Å². The van der Waals surface area contributed by atoms with Crippen molar-refractivity contribution in [1.82, 2.24) is 21.3 Å². The lowest BCUT2D eigenvalue weighted by atomic mass is 10.0. The molecule has 0 saturated carbocycles. The molecule has 224 valence electrons. The summed E-state index contributed by atoms with van der Waals surface area (Å²) in [6, 6.07) is 0.0813. The zero-order valence-corrected chi connectivity index (χ0v) is 23.6. The Labute approximate surface area is 234 Å². The average molecular weight is 566 g/mol. The highest BCUT2D eigenvalue weighted by Crippen LogP contribution is 2.13. The minimum Gasteiger partial charge on any atom is -0.508 e. The highest BCUT2D eigenvalue weighted by atomic mass is 16.4. The number of carbonyl (C=O) groups excluding carboxylic acids is 4. The van der Waals surface area contributed by atoms with Gasteiger partial charge in [0.2, 0.25) is 23.6 Å². The second-order valence-electron chi connectivity index (χ2n) is 10.7. The van der Waals surface area contributed by atoms with Crippen molar-refractivity contribution in [2.24, 2.45) is 17.6 Å². The molecule has 1 aromatic carbocycles. The number of amides is 4. The number of benzene rings is 1. The summed E-state index contributed by atoms with van der Waals surface area (Å²) in [7, 11) is 0. The maximum atomic E-state index is 13.3. The van der Waals surface area contributed by atoms with Gasteiger partial charge in [-0.05, 0) is 49.3 Å². The molecule has 9 N–H and O–H groups in total. The van der Waals surface area contributed by atoms with Crippen LogP contribution in [0, 0.1) is 11.8 Å². The molecule has 13 nitrogen and oxygen atoms in total. The largest absolute Gasteiger partial charge is 0.508 e. The number of phenols is 1. The fourth-order valence-electron chi connectivity index (χ4n) is 3.79. The number of phenolic OH excluding ortho intramolecular Hbond substituents is 1. The molecule has 0 aromatic heterocycles. The van der Waals surface area contributed by atoms with E-state index in [0.717, 1.165) is 0 Å². The van der Waals surface area contributed by atoms with E-state index in [1.54, 1.807) is 12.1 Å². The Hall–Kier alpha value is -3.71. The van der Waals surface area contributed by atoms with Crippen molar-refractivity contribution in [1.29, 1.82) is 0 Å². The number of aromatic hydroxyl groups is 1. The normalized spacial score (nSPS) is 14.9. The molecule has 13 heteroatoms. The van der Waals surface area contributed by atoms with Gasteiger partial charge in [0.15, 0.2) is 0 Å². The first kappa shape index (κ1) is 34.3. The van der Waals surface area contributed by atoms with Gasteiger partial charge in [0, 0.05) is 6.42 Å². The molecule has 4 amide bonds. The van der Waals surface area contributed by atoms with E-state index in [2.05, 4.69) is 21.3 Å². The summed E-state index contributed by atoms with van der Waals surface area (Å²) in [5, 5.41) is 38.3. The monoisotopic (exact) mass is 565 g/mol. The highest BCUT2D eigenvalue weighted by Gasteiger charge is 2.31. The Bertz CT molecular complexity index is 1010. The molecule has 0 saturated heterocycles. The maximum absolute atomic E-state index is 13.3. The molecular weight excluding hydrogens is 522 g/mol. The van der Waals surface area contributed by atoms with Gasteiger partial charge in [0.25, 0.3) is 0 Å². The number of aliphatic carboxylic acids is 1. The minimum absolute atomic E-state index is 0.00341. The van der Waals surface area contributed by atoms with Crippen molar-refractivity contribution in [2.75, 3.05) is 6.61 Å². The summed E-state index contributed by atoms with van der Waals surface area (Å²) in [6.07, 6.45) is 0.500. The van der Waals surface area contributed by atoms with Crippen LogP contribution in [0.3, 0.4) is 0 Å². The molecule has 1 rings (SSSR count). The first-order valence-electron chi connectivity index (χ1n) is 13.2.